The Labute approximate surface area is 161 Å². The summed E-state index contributed by atoms with van der Waals surface area (Å²) in [7, 11) is 1.48. The van der Waals surface area contributed by atoms with E-state index in [0.717, 1.165) is 5.56 Å². The minimum atomic E-state index is -0.579. The van der Waals surface area contributed by atoms with E-state index in [0.29, 0.717) is 30.2 Å². The number of carbonyl (C=O) groups is 2. The van der Waals surface area contributed by atoms with E-state index in [1.807, 2.05) is 30.3 Å². The van der Waals surface area contributed by atoms with Gasteiger partial charge in [0.25, 0.3) is 0 Å². The van der Waals surface area contributed by atoms with Crippen LogP contribution < -0.4 is 15.8 Å². The van der Waals surface area contributed by atoms with Crippen molar-refractivity contribution >= 4 is 17.5 Å². The molecular weight excluding hydrogens is 360 g/mol. The van der Waals surface area contributed by atoms with Crippen LogP contribution in [0.3, 0.4) is 0 Å². The predicted octanol–water partition coefficient (Wildman–Crippen LogP) is 1.87. The molecule has 3 aromatic rings. The molecular formula is C19H20N6O3. The number of aryl methyl sites for hydroxylation is 1. The van der Waals surface area contributed by atoms with Gasteiger partial charge in [0.15, 0.2) is 0 Å². The lowest BCUT2D eigenvalue weighted by Gasteiger charge is -2.11. The third-order valence-electron chi connectivity index (χ3n) is 4.00. The van der Waals surface area contributed by atoms with Crippen LogP contribution >= 0.6 is 0 Å². The summed E-state index contributed by atoms with van der Waals surface area (Å²) in [6.45, 7) is 0.450. The van der Waals surface area contributed by atoms with Crippen LogP contribution in [0, 0.1) is 0 Å². The van der Waals surface area contributed by atoms with Crippen molar-refractivity contribution in [2.24, 2.45) is 5.73 Å². The lowest BCUT2D eigenvalue weighted by atomic mass is 10.1. The molecule has 0 bridgehead atoms. The number of rotatable bonds is 8. The van der Waals surface area contributed by atoms with Crippen LogP contribution in [-0.4, -0.2) is 39.1 Å². The molecule has 0 atom stereocenters. The zero-order chi connectivity index (χ0) is 19.9. The largest absolute Gasteiger partial charge is 0.495 e. The maximum atomic E-state index is 12.2. The number of methoxy groups -OCH3 is 1. The van der Waals surface area contributed by atoms with Crippen molar-refractivity contribution in [3.63, 3.8) is 0 Å². The highest BCUT2D eigenvalue weighted by Crippen LogP contribution is 2.25. The van der Waals surface area contributed by atoms with Crippen molar-refractivity contribution in [1.29, 1.82) is 0 Å². The maximum absolute atomic E-state index is 12.2. The van der Waals surface area contributed by atoms with Crippen molar-refractivity contribution in [2.75, 3.05) is 12.4 Å². The molecule has 9 heteroatoms. The number of anilines is 1. The summed E-state index contributed by atoms with van der Waals surface area (Å²) in [6, 6.07) is 14.1. The Morgan fingerprint density at radius 2 is 1.96 bits per heavy atom. The van der Waals surface area contributed by atoms with Crippen LogP contribution in [0.1, 0.15) is 23.2 Å². The molecule has 0 saturated carbocycles. The number of nitrogens with one attached hydrogen (secondary N) is 1. The summed E-state index contributed by atoms with van der Waals surface area (Å²) in [4.78, 5) is 25.0. The Bertz CT molecular complexity index is 971. The van der Waals surface area contributed by atoms with E-state index >= 15 is 0 Å². The molecule has 1 heterocycles. The average Bonchev–Trinajstić information content (AvgIpc) is 3.17. The Morgan fingerprint density at radius 3 is 2.68 bits per heavy atom. The molecule has 2 amide bonds. The number of aromatic nitrogens is 4. The maximum Gasteiger partial charge on any atom is 0.248 e. The summed E-state index contributed by atoms with van der Waals surface area (Å²) in [5.74, 6) is 0.190. The fraction of sp³-hybridized carbons (Fsp3) is 0.211. The van der Waals surface area contributed by atoms with Gasteiger partial charge in [0.2, 0.25) is 17.6 Å². The molecule has 0 unspecified atom stereocenters. The van der Waals surface area contributed by atoms with Gasteiger partial charge in [0.05, 0.1) is 19.3 Å². The first kappa shape index (κ1) is 19.0. The zero-order valence-corrected chi connectivity index (χ0v) is 15.3. The zero-order valence-electron chi connectivity index (χ0n) is 15.3. The average molecular weight is 380 g/mol. The minimum Gasteiger partial charge on any atom is -0.495 e. The molecule has 144 valence electrons. The molecule has 2 aromatic carbocycles. The Hall–Kier alpha value is -3.75. The van der Waals surface area contributed by atoms with Gasteiger partial charge in [-0.1, -0.05) is 30.3 Å². The number of hydrogen-bond acceptors (Lipinski definition) is 6. The fourth-order valence-corrected chi connectivity index (χ4v) is 2.59. The molecule has 0 aliphatic heterocycles. The molecule has 0 spiro atoms. The number of amides is 2. The van der Waals surface area contributed by atoms with Gasteiger partial charge in [-0.05, 0) is 29.8 Å². The summed E-state index contributed by atoms with van der Waals surface area (Å²) < 4.78 is 5.20. The van der Waals surface area contributed by atoms with Crippen molar-refractivity contribution in [3.8, 4) is 17.1 Å². The first-order valence-electron chi connectivity index (χ1n) is 8.68. The molecule has 3 N–H and O–H groups in total. The smallest absolute Gasteiger partial charge is 0.248 e. The summed E-state index contributed by atoms with van der Waals surface area (Å²) in [5, 5.41) is 15.1. The third-order valence-corrected chi connectivity index (χ3v) is 4.00. The highest BCUT2D eigenvalue weighted by Gasteiger charge is 2.11. The highest BCUT2D eigenvalue weighted by molar-refractivity contribution is 5.97. The Balaban J connectivity index is 1.55. The molecule has 0 saturated heterocycles. The van der Waals surface area contributed by atoms with E-state index in [9.17, 15) is 9.59 Å². The van der Waals surface area contributed by atoms with E-state index in [1.54, 1.807) is 6.07 Å². The number of ether oxygens (including phenoxy) is 1. The van der Waals surface area contributed by atoms with E-state index < -0.39 is 5.91 Å². The van der Waals surface area contributed by atoms with E-state index in [2.05, 4.69) is 20.7 Å². The highest BCUT2D eigenvalue weighted by atomic mass is 16.5. The third kappa shape index (κ3) is 4.70. The minimum absolute atomic E-state index is 0.219. The molecule has 0 aliphatic carbocycles. The summed E-state index contributed by atoms with van der Waals surface area (Å²) in [5.41, 5.74) is 6.85. The second kappa shape index (κ2) is 8.76. The molecule has 3 rings (SSSR count). The lowest BCUT2D eigenvalue weighted by molar-refractivity contribution is -0.116. The molecule has 0 radical (unpaired) electrons. The van der Waals surface area contributed by atoms with Gasteiger partial charge in [-0.25, -0.2) is 0 Å². The molecule has 1 aromatic heterocycles. The van der Waals surface area contributed by atoms with Gasteiger partial charge in [-0.15, -0.1) is 10.2 Å². The second-order valence-corrected chi connectivity index (χ2v) is 6.01. The van der Waals surface area contributed by atoms with Gasteiger partial charge in [0, 0.05) is 17.5 Å². The van der Waals surface area contributed by atoms with Crippen LogP contribution in [-0.2, 0) is 11.3 Å². The monoisotopic (exact) mass is 380 g/mol. The van der Waals surface area contributed by atoms with Gasteiger partial charge in [-0.2, -0.15) is 4.80 Å². The van der Waals surface area contributed by atoms with Crippen molar-refractivity contribution in [2.45, 2.75) is 19.4 Å². The van der Waals surface area contributed by atoms with Crippen LogP contribution in [0.15, 0.2) is 48.5 Å². The first-order valence-corrected chi connectivity index (χ1v) is 8.68. The number of hydrogen-bond donors (Lipinski definition) is 2. The summed E-state index contributed by atoms with van der Waals surface area (Å²) in [6.07, 6.45) is 0.764. The van der Waals surface area contributed by atoms with Crippen LogP contribution in [0.4, 0.5) is 5.69 Å². The van der Waals surface area contributed by atoms with Crippen molar-refractivity contribution in [3.05, 3.63) is 54.1 Å². The predicted molar refractivity (Wildman–Crippen MR) is 103 cm³/mol. The number of nitrogens with zero attached hydrogens (tertiary/aromatic N) is 4. The van der Waals surface area contributed by atoms with E-state index in [1.165, 1.54) is 24.0 Å². The molecule has 28 heavy (non-hydrogen) atoms. The van der Waals surface area contributed by atoms with Gasteiger partial charge in [0.1, 0.15) is 5.75 Å². The molecule has 9 nitrogen and oxygen atoms in total. The standard InChI is InChI=1S/C19H20N6O3/c1-28-16-10-9-14(18(20)27)12-15(16)21-17(26)8-5-11-25-23-19(22-24-25)13-6-3-2-4-7-13/h2-4,6-7,9-10,12H,5,8,11H2,1H3,(H2,20,27)(H,21,26). The SMILES string of the molecule is COc1ccc(C(N)=O)cc1NC(=O)CCCn1nnc(-c2ccccc2)n1. The number of primary amides is 1. The lowest BCUT2D eigenvalue weighted by Crippen LogP contribution is -2.16. The Kier molecular flexibility index (Phi) is 5.95. The van der Waals surface area contributed by atoms with Crippen LogP contribution in [0.5, 0.6) is 5.75 Å². The topological polar surface area (TPSA) is 125 Å². The fourth-order valence-electron chi connectivity index (χ4n) is 2.59. The normalized spacial score (nSPS) is 10.5. The van der Waals surface area contributed by atoms with Gasteiger partial charge >= 0.3 is 0 Å². The molecule has 0 aliphatic rings. The van der Waals surface area contributed by atoms with E-state index in [-0.39, 0.29) is 17.9 Å². The number of benzene rings is 2. The first-order chi connectivity index (χ1) is 13.6. The van der Waals surface area contributed by atoms with Crippen molar-refractivity contribution in [1.82, 2.24) is 20.2 Å². The number of carbonyl (C=O) groups excluding carboxylic acids is 2. The quantitative estimate of drug-likeness (QED) is 0.614. The van der Waals surface area contributed by atoms with Gasteiger partial charge in [-0.3, -0.25) is 9.59 Å². The Morgan fingerprint density at radius 1 is 1.18 bits per heavy atom. The van der Waals surface area contributed by atoms with E-state index in [4.69, 9.17) is 10.5 Å². The van der Waals surface area contributed by atoms with Crippen LogP contribution in [0.2, 0.25) is 0 Å². The van der Waals surface area contributed by atoms with Crippen LogP contribution in [0.25, 0.3) is 11.4 Å². The van der Waals surface area contributed by atoms with Crippen molar-refractivity contribution < 1.29 is 14.3 Å². The molecule has 0 fully saturated rings. The number of tetrazole rings is 1. The summed E-state index contributed by atoms with van der Waals surface area (Å²) >= 11 is 0. The van der Waals surface area contributed by atoms with Gasteiger partial charge < -0.3 is 15.8 Å². The second-order valence-electron chi connectivity index (χ2n) is 6.01. The number of nitrogens with two attached hydrogens (primary N) is 1.